The van der Waals surface area contributed by atoms with Crippen molar-refractivity contribution in [1.82, 2.24) is 15.1 Å². The first-order chi connectivity index (χ1) is 15.1. The molecule has 9 heteroatoms. The summed E-state index contributed by atoms with van der Waals surface area (Å²) < 4.78 is 10.0. The first-order valence-corrected chi connectivity index (χ1v) is 11.7. The molecule has 1 atom stereocenters. The van der Waals surface area contributed by atoms with Crippen molar-refractivity contribution in [3.05, 3.63) is 0 Å². The maximum atomic E-state index is 12.5. The van der Waals surface area contributed by atoms with Crippen LogP contribution in [-0.4, -0.2) is 78.6 Å². The summed E-state index contributed by atoms with van der Waals surface area (Å²) >= 11 is 0. The number of ether oxygens (including phenoxy) is 2. The molecule has 1 unspecified atom stereocenters. The maximum Gasteiger partial charge on any atom is 0.410 e. The van der Waals surface area contributed by atoms with Gasteiger partial charge in [-0.05, 0) is 58.8 Å². The summed E-state index contributed by atoms with van der Waals surface area (Å²) in [6.07, 6.45) is 4.61. The number of likely N-dealkylation sites (tertiary alicyclic amines) is 2. The van der Waals surface area contributed by atoms with Gasteiger partial charge in [0.05, 0.1) is 13.5 Å². The number of carbonyl (C=O) groups excluding carboxylic acids is 4. The Labute approximate surface area is 191 Å². The summed E-state index contributed by atoms with van der Waals surface area (Å²) in [5, 5.41) is 3.06. The SMILES string of the molecule is COC(=O)CCC(=O)N1CCCC(NC(=O)CCC2CCN(C(=O)OC(C)(C)C)CC2)C1. The molecule has 2 saturated heterocycles. The average Bonchev–Trinajstić information content (AvgIpc) is 2.75. The van der Waals surface area contributed by atoms with E-state index in [0.29, 0.717) is 38.5 Å². The Morgan fingerprint density at radius 2 is 1.62 bits per heavy atom. The molecule has 0 saturated carbocycles. The molecule has 2 aliphatic heterocycles. The largest absolute Gasteiger partial charge is 0.469 e. The summed E-state index contributed by atoms with van der Waals surface area (Å²) in [6.45, 7) is 8.04. The number of rotatable bonds is 7. The number of piperidine rings is 2. The number of nitrogens with zero attached hydrogens (tertiary/aromatic N) is 2. The molecule has 0 radical (unpaired) electrons. The second kappa shape index (κ2) is 12.1. The van der Waals surface area contributed by atoms with Crippen molar-refractivity contribution in [2.75, 3.05) is 33.3 Å². The van der Waals surface area contributed by atoms with Gasteiger partial charge in [-0.3, -0.25) is 14.4 Å². The number of methoxy groups -OCH3 is 1. The van der Waals surface area contributed by atoms with Crippen molar-refractivity contribution in [3.8, 4) is 0 Å². The van der Waals surface area contributed by atoms with Crippen LogP contribution >= 0.6 is 0 Å². The Hall–Kier alpha value is -2.32. The quantitative estimate of drug-likeness (QED) is 0.594. The first-order valence-electron chi connectivity index (χ1n) is 11.7. The summed E-state index contributed by atoms with van der Waals surface area (Å²) in [6, 6.07) is -0.0488. The van der Waals surface area contributed by atoms with E-state index in [1.54, 1.807) is 9.80 Å². The van der Waals surface area contributed by atoms with E-state index in [1.807, 2.05) is 20.8 Å². The van der Waals surface area contributed by atoms with E-state index in [9.17, 15) is 19.2 Å². The lowest BCUT2D eigenvalue weighted by atomic mass is 9.92. The van der Waals surface area contributed by atoms with E-state index in [0.717, 1.165) is 32.1 Å². The van der Waals surface area contributed by atoms with Crippen LogP contribution in [-0.2, 0) is 23.9 Å². The molecule has 0 aromatic heterocycles. The normalized spacial score (nSPS) is 19.9. The van der Waals surface area contributed by atoms with Crippen LogP contribution in [0.1, 0.15) is 72.1 Å². The molecule has 182 valence electrons. The molecule has 2 aliphatic rings. The summed E-state index contributed by atoms with van der Waals surface area (Å²) in [7, 11) is 1.31. The molecule has 2 heterocycles. The zero-order valence-corrected chi connectivity index (χ0v) is 20.0. The van der Waals surface area contributed by atoms with E-state index in [2.05, 4.69) is 10.1 Å². The number of hydrogen-bond acceptors (Lipinski definition) is 6. The molecule has 0 aromatic carbocycles. The van der Waals surface area contributed by atoms with Gasteiger partial charge < -0.3 is 24.6 Å². The second-order valence-corrected chi connectivity index (χ2v) is 9.77. The van der Waals surface area contributed by atoms with Gasteiger partial charge in [0, 0.05) is 45.1 Å². The molecule has 2 rings (SSSR count). The van der Waals surface area contributed by atoms with Crippen molar-refractivity contribution >= 4 is 23.9 Å². The Morgan fingerprint density at radius 1 is 0.938 bits per heavy atom. The molecule has 9 nitrogen and oxygen atoms in total. The Balaban J connectivity index is 1.66. The van der Waals surface area contributed by atoms with Gasteiger partial charge in [-0.15, -0.1) is 0 Å². The van der Waals surface area contributed by atoms with Crippen LogP contribution in [0.5, 0.6) is 0 Å². The van der Waals surface area contributed by atoms with E-state index in [4.69, 9.17) is 4.74 Å². The van der Waals surface area contributed by atoms with Gasteiger partial charge in [-0.1, -0.05) is 0 Å². The number of carbonyl (C=O) groups is 4. The zero-order valence-electron chi connectivity index (χ0n) is 20.0. The van der Waals surface area contributed by atoms with Crippen LogP contribution in [0.4, 0.5) is 4.79 Å². The lowest BCUT2D eigenvalue weighted by Crippen LogP contribution is -2.49. The second-order valence-electron chi connectivity index (χ2n) is 9.77. The lowest BCUT2D eigenvalue weighted by molar-refractivity contribution is -0.144. The van der Waals surface area contributed by atoms with Gasteiger partial charge >= 0.3 is 12.1 Å². The Morgan fingerprint density at radius 3 is 2.25 bits per heavy atom. The Bertz CT molecular complexity index is 667. The van der Waals surface area contributed by atoms with Gasteiger partial charge in [-0.2, -0.15) is 0 Å². The van der Waals surface area contributed by atoms with Crippen molar-refractivity contribution in [2.24, 2.45) is 5.92 Å². The molecule has 0 spiro atoms. The number of hydrogen-bond donors (Lipinski definition) is 1. The highest BCUT2D eigenvalue weighted by molar-refractivity contribution is 5.81. The number of amides is 3. The summed E-state index contributed by atoms with van der Waals surface area (Å²) in [4.78, 5) is 51.6. The molecule has 2 fully saturated rings. The fraction of sp³-hybridized carbons (Fsp3) is 0.826. The third kappa shape index (κ3) is 9.04. The third-order valence-electron chi connectivity index (χ3n) is 5.96. The van der Waals surface area contributed by atoms with Gasteiger partial charge in [-0.25, -0.2) is 4.79 Å². The molecular weight excluding hydrogens is 414 g/mol. The highest BCUT2D eigenvalue weighted by Crippen LogP contribution is 2.23. The van der Waals surface area contributed by atoms with Crippen LogP contribution in [0.25, 0.3) is 0 Å². The van der Waals surface area contributed by atoms with Crippen LogP contribution < -0.4 is 5.32 Å². The van der Waals surface area contributed by atoms with Crippen LogP contribution in [0.15, 0.2) is 0 Å². The van der Waals surface area contributed by atoms with Crippen molar-refractivity contribution < 1.29 is 28.7 Å². The van der Waals surface area contributed by atoms with E-state index >= 15 is 0 Å². The molecule has 0 aliphatic carbocycles. The Kier molecular flexibility index (Phi) is 9.78. The number of nitrogens with one attached hydrogen (secondary N) is 1. The molecule has 32 heavy (non-hydrogen) atoms. The van der Waals surface area contributed by atoms with Gasteiger partial charge in [0.2, 0.25) is 11.8 Å². The van der Waals surface area contributed by atoms with Crippen molar-refractivity contribution in [2.45, 2.75) is 83.8 Å². The van der Waals surface area contributed by atoms with Gasteiger partial charge in [0.25, 0.3) is 0 Å². The molecule has 0 aromatic rings. The number of esters is 1. The van der Waals surface area contributed by atoms with E-state index < -0.39 is 11.6 Å². The predicted molar refractivity (Wildman–Crippen MR) is 119 cm³/mol. The van der Waals surface area contributed by atoms with Crippen molar-refractivity contribution in [3.63, 3.8) is 0 Å². The maximum absolute atomic E-state index is 12.5. The molecule has 0 bridgehead atoms. The van der Waals surface area contributed by atoms with Crippen LogP contribution in [0.2, 0.25) is 0 Å². The minimum atomic E-state index is -0.493. The van der Waals surface area contributed by atoms with E-state index in [-0.39, 0.29) is 36.8 Å². The minimum Gasteiger partial charge on any atom is -0.469 e. The summed E-state index contributed by atoms with van der Waals surface area (Å²) in [5.41, 5.74) is -0.493. The minimum absolute atomic E-state index is 0.00781. The molecule has 3 amide bonds. The zero-order chi connectivity index (χ0) is 23.7. The lowest BCUT2D eigenvalue weighted by Gasteiger charge is -2.34. The topological polar surface area (TPSA) is 105 Å². The smallest absolute Gasteiger partial charge is 0.410 e. The van der Waals surface area contributed by atoms with Crippen molar-refractivity contribution in [1.29, 1.82) is 0 Å². The third-order valence-corrected chi connectivity index (χ3v) is 5.96. The van der Waals surface area contributed by atoms with Gasteiger partial charge in [0.1, 0.15) is 5.60 Å². The fourth-order valence-electron chi connectivity index (χ4n) is 4.16. The highest BCUT2D eigenvalue weighted by atomic mass is 16.6. The molecule has 1 N–H and O–H groups in total. The summed E-state index contributed by atoms with van der Waals surface area (Å²) in [5.74, 6) is -0.0427. The first kappa shape index (κ1) is 25.9. The fourth-order valence-corrected chi connectivity index (χ4v) is 4.16. The van der Waals surface area contributed by atoms with Gasteiger partial charge in [0.15, 0.2) is 0 Å². The molecular formula is C23H39N3O6. The standard InChI is InChI=1S/C23H39N3O6/c1-23(2,3)32-22(30)25-14-11-17(12-15-25)7-8-19(27)24-18-6-5-13-26(16-18)20(28)9-10-21(29)31-4/h17-18H,5-16H2,1-4H3,(H,24,27). The van der Waals surface area contributed by atoms with Crippen LogP contribution in [0.3, 0.4) is 0 Å². The predicted octanol–water partition coefficient (Wildman–Crippen LogP) is 2.47. The monoisotopic (exact) mass is 453 g/mol. The van der Waals surface area contributed by atoms with Crippen LogP contribution in [0, 0.1) is 5.92 Å². The highest BCUT2D eigenvalue weighted by Gasteiger charge is 2.28. The van der Waals surface area contributed by atoms with E-state index in [1.165, 1.54) is 7.11 Å². The average molecular weight is 454 g/mol.